The summed E-state index contributed by atoms with van der Waals surface area (Å²) >= 11 is 0. The Balaban J connectivity index is 2.02. The van der Waals surface area contributed by atoms with Gasteiger partial charge in [0.15, 0.2) is 11.5 Å². The molecule has 0 saturated carbocycles. The lowest BCUT2D eigenvalue weighted by molar-refractivity contribution is 0.317. The summed E-state index contributed by atoms with van der Waals surface area (Å²) in [5, 5.41) is 10.5. The molecule has 2 heterocycles. The number of nitrogens with zero attached hydrogens (tertiary/aromatic N) is 1. The maximum Gasteiger partial charge on any atom is 0.202 e. The maximum absolute atomic E-state index is 10.5. The average molecular weight is 310 g/mol. The molecule has 1 aromatic carbocycles. The second kappa shape index (κ2) is 6.44. The van der Waals surface area contributed by atoms with E-state index < -0.39 is 0 Å². The Labute approximate surface area is 134 Å². The summed E-state index contributed by atoms with van der Waals surface area (Å²) in [4.78, 5) is 4.03. The summed E-state index contributed by atoms with van der Waals surface area (Å²) < 4.78 is 11.2. The zero-order valence-corrected chi connectivity index (χ0v) is 12.8. The van der Waals surface area contributed by atoms with Gasteiger partial charge in [0, 0.05) is 18.0 Å². The first kappa shape index (κ1) is 15.0. The SMILES string of the molecule is CCCOc1cccc(-c2c(N)oc(-c3cccnc3)c2O)c1. The minimum atomic E-state index is 0.00291. The van der Waals surface area contributed by atoms with Gasteiger partial charge in [-0.1, -0.05) is 19.1 Å². The number of aromatic hydroxyl groups is 1. The molecule has 0 bridgehead atoms. The number of nitrogen functional groups attached to an aromatic ring is 1. The number of hydrogen-bond acceptors (Lipinski definition) is 5. The first-order chi connectivity index (χ1) is 11.2. The topological polar surface area (TPSA) is 81.5 Å². The molecule has 0 aliphatic heterocycles. The van der Waals surface area contributed by atoms with Crippen molar-refractivity contribution in [3.8, 4) is 33.9 Å². The highest BCUT2D eigenvalue weighted by atomic mass is 16.5. The van der Waals surface area contributed by atoms with Crippen molar-refractivity contribution < 1.29 is 14.3 Å². The van der Waals surface area contributed by atoms with Crippen LogP contribution < -0.4 is 10.5 Å². The molecule has 0 spiro atoms. The van der Waals surface area contributed by atoms with E-state index >= 15 is 0 Å². The summed E-state index contributed by atoms with van der Waals surface area (Å²) in [6.45, 7) is 2.68. The van der Waals surface area contributed by atoms with Crippen molar-refractivity contribution in [2.75, 3.05) is 12.3 Å². The summed E-state index contributed by atoms with van der Waals surface area (Å²) in [5.41, 5.74) is 7.85. The summed E-state index contributed by atoms with van der Waals surface area (Å²) in [5.74, 6) is 1.20. The molecule has 23 heavy (non-hydrogen) atoms. The van der Waals surface area contributed by atoms with Crippen LogP contribution >= 0.6 is 0 Å². The van der Waals surface area contributed by atoms with Gasteiger partial charge >= 0.3 is 0 Å². The van der Waals surface area contributed by atoms with Crippen LogP contribution in [0.4, 0.5) is 5.88 Å². The predicted octanol–water partition coefficient (Wildman–Crippen LogP) is 4.09. The molecule has 0 saturated heterocycles. The number of rotatable bonds is 5. The molecule has 3 aromatic rings. The van der Waals surface area contributed by atoms with E-state index in [0.717, 1.165) is 17.7 Å². The molecule has 0 amide bonds. The number of benzene rings is 1. The van der Waals surface area contributed by atoms with Gasteiger partial charge in [0.1, 0.15) is 5.75 Å². The summed E-state index contributed by atoms with van der Waals surface area (Å²) in [7, 11) is 0. The Morgan fingerprint density at radius 2 is 2.04 bits per heavy atom. The van der Waals surface area contributed by atoms with E-state index in [1.165, 1.54) is 0 Å². The minimum Gasteiger partial charge on any atom is -0.504 e. The van der Waals surface area contributed by atoms with E-state index in [1.807, 2.05) is 31.2 Å². The monoisotopic (exact) mass is 310 g/mol. The van der Waals surface area contributed by atoms with Gasteiger partial charge in [-0.3, -0.25) is 4.98 Å². The second-order valence-electron chi connectivity index (χ2n) is 5.14. The van der Waals surface area contributed by atoms with Gasteiger partial charge in [0.05, 0.1) is 12.2 Å². The lowest BCUT2D eigenvalue weighted by Crippen LogP contribution is -1.95. The number of anilines is 1. The van der Waals surface area contributed by atoms with E-state index in [1.54, 1.807) is 24.5 Å². The number of hydrogen-bond donors (Lipinski definition) is 2. The molecule has 0 fully saturated rings. The molecule has 0 radical (unpaired) electrons. The lowest BCUT2D eigenvalue weighted by Gasteiger charge is -2.06. The van der Waals surface area contributed by atoms with Gasteiger partial charge in [-0.25, -0.2) is 0 Å². The third-order valence-corrected chi connectivity index (χ3v) is 3.43. The molecule has 0 atom stereocenters. The molecule has 2 aromatic heterocycles. The highest BCUT2D eigenvalue weighted by Gasteiger charge is 2.21. The van der Waals surface area contributed by atoms with Crippen LogP contribution in [0.1, 0.15) is 13.3 Å². The lowest BCUT2D eigenvalue weighted by atomic mass is 10.1. The van der Waals surface area contributed by atoms with Gasteiger partial charge in [-0.05, 0) is 36.2 Å². The van der Waals surface area contributed by atoms with Gasteiger partial charge < -0.3 is 20.0 Å². The fourth-order valence-corrected chi connectivity index (χ4v) is 2.37. The summed E-state index contributed by atoms with van der Waals surface area (Å²) in [6, 6.07) is 11.0. The van der Waals surface area contributed by atoms with Crippen LogP contribution in [-0.2, 0) is 0 Å². The second-order valence-corrected chi connectivity index (χ2v) is 5.14. The van der Waals surface area contributed by atoms with Crippen LogP contribution in [0.25, 0.3) is 22.5 Å². The first-order valence-corrected chi connectivity index (χ1v) is 7.45. The van der Waals surface area contributed by atoms with Crippen molar-refractivity contribution in [3.05, 3.63) is 48.8 Å². The van der Waals surface area contributed by atoms with Crippen molar-refractivity contribution in [1.82, 2.24) is 4.98 Å². The first-order valence-electron chi connectivity index (χ1n) is 7.45. The fraction of sp³-hybridized carbons (Fsp3) is 0.167. The van der Waals surface area contributed by atoms with Crippen molar-refractivity contribution in [2.45, 2.75) is 13.3 Å². The summed E-state index contributed by atoms with van der Waals surface area (Å²) in [6.07, 6.45) is 4.19. The zero-order chi connectivity index (χ0) is 16.2. The Morgan fingerprint density at radius 3 is 2.78 bits per heavy atom. The molecular formula is C18H18N2O3. The third-order valence-electron chi connectivity index (χ3n) is 3.43. The van der Waals surface area contributed by atoms with Crippen LogP contribution in [0, 0.1) is 0 Å². The maximum atomic E-state index is 10.5. The Hall–Kier alpha value is -2.95. The number of nitrogens with two attached hydrogens (primary N) is 1. The average Bonchev–Trinajstić information content (AvgIpc) is 2.88. The number of aromatic nitrogens is 1. The quantitative estimate of drug-likeness (QED) is 0.742. The van der Waals surface area contributed by atoms with E-state index in [2.05, 4.69) is 4.98 Å². The molecule has 0 aliphatic carbocycles. The van der Waals surface area contributed by atoms with Crippen LogP contribution in [0.2, 0.25) is 0 Å². The molecule has 5 heteroatoms. The smallest absolute Gasteiger partial charge is 0.202 e. The van der Waals surface area contributed by atoms with Crippen LogP contribution in [0.5, 0.6) is 11.5 Å². The van der Waals surface area contributed by atoms with Crippen molar-refractivity contribution in [1.29, 1.82) is 0 Å². The largest absolute Gasteiger partial charge is 0.504 e. The third kappa shape index (κ3) is 2.99. The standard InChI is InChI=1S/C18H18N2O3/c1-2-9-22-14-7-3-5-12(10-14)15-16(21)17(23-18(15)19)13-6-4-8-20-11-13/h3-8,10-11,21H,2,9,19H2,1H3. The van der Waals surface area contributed by atoms with E-state index in [4.69, 9.17) is 14.9 Å². The van der Waals surface area contributed by atoms with Gasteiger partial charge in [0.25, 0.3) is 0 Å². The molecule has 3 rings (SSSR count). The van der Waals surface area contributed by atoms with Crippen LogP contribution in [-0.4, -0.2) is 16.7 Å². The van der Waals surface area contributed by atoms with Crippen LogP contribution in [0.15, 0.2) is 53.2 Å². The molecule has 5 nitrogen and oxygen atoms in total. The highest BCUT2D eigenvalue weighted by Crippen LogP contribution is 2.45. The van der Waals surface area contributed by atoms with E-state index in [-0.39, 0.29) is 11.6 Å². The Bertz CT molecular complexity index is 797. The van der Waals surface area contributed by atoms with Crippen LogP contribution in [0.3, 0.4) is 0 Å². The molecule has 118 valence electrons. The zero-order valence-electron chi connectivity index (χ0n) is 12.8. The minimum absolute atomic E-state index is 0.00291. The Kier molecular flexibility index (Phi) is 4.19. The normalized spacial score (nSPS) is 10.7. The number of pyridine rings is 1. The molecular weight excluding hydrogens is 292 g/mol. The van der Waals surface area contributed by atoms with Gasteiger partial charge in [-0.15, -0.1) is 0 Å². The molecule has 3 N–H and O–H groups in total. The fourth-order valence-electron chi connectivity index (χ4n) is 2.37. The van der Waals surface area contributed by atoms with Gasteiger partial charge in [0.2, 0.25) is 5.88 Å². The van der Waals surface area contributed by atoms with Gasteiger partial charge in [-0.2, -0.15) is 0 Å². The highest BCUT2D eigenvalue weighted by molar-refractivity contribution is 5.86. The predicted molar refractivity (Wildman–Crippen MR) is 89.2 cm³/mol. The molecule has 0 unspecified atom stereocenters. The Morgan fingerprint density at radius 1 is 1.22 bits per heavy atom. The number of ether oxygens (including phenoxy) is 1. The van der Waals surface area contributed by atoms with E-state index in [9.17, 15) is 5.11 Å². The van der Waals surface area contributed by atoms with Crippen molar-refractivity contribution in [2.24, 2.45) is 0 Å². The van der Waals surface area contributed by atoms with E-state index in [0.29, 0.717) is 23.5 Å². The molecule has 0 aliphatic rings. The van der Waals surface area contributed by atoms with Crippen molar-refractivity contribution >= 4 is 5.88 Å². The number of furan rings is 1. The van der Waals surface area contributed by atoms with Crippen molar-refractivity contribution in [3.63, 3.8) is 0 Å².